The number of carbonyl (C=O) groups is 1. The minimum Gasteiger partial charge on any atom is -0.467 e. The molecule has 3 aromatic rings. The SMILES string of the molecule is Cc1ccc(CN(CCN2CCOCC2)Cc2nc(C(=O)NCc3ccco3)co2)cc1. The number of nitrogens with zero attached hydrogens (tertiary/aromatic N) is 3. The van der Waals surface area contributed by atoms with Crippen LogP contribution in [0.15, 0.2) is 57.8 Å². The van der Waals surface area contributed by atoms with Crippen molar-refractivity contribution in [2.75, 3.05) is 39.4 Å². The van der Waals surface area contributed by atoms with Crippen LogP contribution in [0.25, 0.3) is 0 Å². The van der Waals surface area contributed by atoms with Crippen LogP contribution < -0.4 is 5.32 Å². The maximum Gasteiger partial charge on any atom is 0.273 e. The van der Waals surface area contributed by atoms with E-state index in [-0.39, 0.29) is 11.6 Å². The van der Waals surface area contributed by atoms with Gasteiger partial charge in [0.25, 0.3) is 5.91 Å². The van der Waals surface area contributed by atoms with Gasteiger partial charge in [0.05, 0.1) is 32.6 Å². The zero-order chi connectivity index (χ0) is 22.2. The molecule has 0 spiro atoms. The highest BCUT2D eigenvalue weighted by molar-refractivity contribution is 5.91. The van der Waals surface area contributed by atoms with E-state index in [0.29, 0.717) is 24.7 Å². The van der Waals surface area contributed by atoms with Gasteiger partial charge < -0.3 is 18.9 Å². The van der Waals surface area contributed by atoms with E-state index in [2.05, 4.69) is 51.3 Å². The van der Waals surface area contributed by atoms with Crippen LogP contribution in [0.2, 0.25) is 0 Å². The Hall–Kier alpha value is -2.94. The minimum absolute atomic E-state index is 0.273. The Labute approximate surface area is 188 Å². The summed E-state index contributed by atoms with van der Waals surface area (Å²) >= 11 is 0. The standard InChI is InChI=1S/C24H30N4O4/c1-19-4-6-20(7-5-19)16-28(9-8-27-10-13-30-14-11-27)17-23-26-22(18-32-23)24(29)25-15-21-3-2-12-31-21/h2-7,12,18H,8-11,13-17H2,1H3,(H,25,29). The largest absolute Gasteiger partial charge is 0.467 e. The molecule has 1 N–H and O–H groups in total. The maximum atomic E-state index is 12.4. The fourth-order valence-corrected chi connectivity index (χ4v) is 3.62. The molecule has 1 aliphatic heterocycles. The van der Waals surface area contributed by atoms with Crippen molar-refractivity contribution >= 4 is 5.91 Å². The summed E-state index contributed by atoms with van der Waals surface area (Å²) in [6, 6.07) is 12.2. The number of benzene rings is 1. The Bertz CT molecular complexity index is 962. The Morgan fingerprint density at radius 3 is 2.69 bits per heavy atom. The summed E-state index contributed by atoms with van der Waals surface area (Å²) in [7, 11) is 0. The number of oxazole rings is 1. The highest BCUT2D eigenvalue weighted by Gasteiger charge is 2.17. The summed E-state index contributed by atoms with van der Waals surface area (Å²) in [5.41, 5.74) is 2.75. The molecule has 1 fully saturated rings. The lowest BCUT2D eigenvalue weighted by atomic mass is 10.1. The van der Waals surface area contributed by atoms with Crippen LogP contribution in [0.1, 0.15) is 33.3 Å². The van der Waals surface area contributed by atoms with E-state index in [4.69, 9.17) is 13.6 Å². The number of amides is 1. The van der Waals surface area contributed by atoms with Gasteiger partial charge in [-0.15, -0.1) is 0 Å². The second kappa shape index (κ2) is 11.1. The molecule has 0 aliphatic carbocycles. The normalized spacial score (nSPS) is 14.7. The Morgan fingerprint density at radius 1 is 1.12 bits per heavy atom. The van der Waals surface area contributed by atoms with Gasteiger partial charge in [-0.3, -0.25) is 14.6 Å². The van der Waals surface area contributed by atoms with Gasteiger partial charge in [0.1, 0.15) is 12.0 Å². The second-order valence-electron chi connectivity index (χ2n) is 8.04. The molecular weight excluding hydrogens is 408 g/mol. The van der Waals surface area contributed by atoms with E-state index >= 15 is 0 Å². The second-order valence-corrected chi connectivity index (χ2v) is 8.04. The van der Waals surface area contributed by atoms with Crippen molar-refractivity contribution in [1.29, 1.82) is 0 Å². The number of furan rings is 1. The lowest BCUT2D eigenvalue weighted by Crippen LogP contribution is -2.41. The summed E-state index contributed by atoms with van der Waals surface area (Å²) in [5, 5.41) is 2.79. The van der Waals surface area contributed by atoms with Crippen LogP contribution in [-0.2, 0) is 24.4 Å². The van der Waals surface area contributed by atoms with Crippen LogP contribution in [0, 0.1) is 6.92 Å². The van der Waals surface area contributed by atoms with E-state index < -0.39 is 0 Å². The van der Waals surface area contributed by atoms with Crippen molar-refractivity contribution in [2.45, 2.75) is 26.6 Å². The van der Waals surface area contributed by atoms with Gasteiger partial charge in [-0.25, -0.2) is 4.98 Å². The van der Waals surface area contributed by atoms with Gasteiger partial charge in [0.15, 0.2) is 5.69 Å². The van der Waals surface area contributed by atoms with Gasteiger partial charge in [0.2, 0.25) is 5.89 Å². The molecule has 0 saturated carbocycles. The first-order valence-corrected chi connectivity index (χ1v) is 11.0. The Kier molecular flexibility index (Phi) is 7.71. The Morgan fingerprint density at radius 2 is 1.94 bits per heavy atom. The van der Waals surface area contributed by atoms with Gasteiger partial charge in [0, 0.05) is 32.7 Å². The third-order valence-corrected chi connectivity index (χ3v) is 5.51. The first-order chi connectivity index (χ1) is 15.7. The Balaban J connectivity index is 1.36. The summed E-state index contributed by atoms with van der Waals surface area (Å²) in [6.07, 6.45) is 2.99. The first kappa shape index (κ1) is 22.3. The summed E-state index contributed by atoms with van der Waals surface area (Å²) < 4.78 is 16.3. The number of rotatable bonds is 10. The van der Waals surface area contributed by atoms with E-state index in [9.17, 15) is 4.79 Å². The van der Waals surface area contributed by atoms with E-state index in [1.165, 1.54) is 17.4 Å². The molecule has 1 aromatic carbocycles. The van der Waals surface area contributed by atoms with Crippen LogP contribution in [0.3, 0.4) is 0 Å². The number of carbonyl (C=O) groups excluding carboxylic acids is 1. The van der Waals surface area contributed by atoms with Gasteiger partial charge >= 0.3 is 0 Å². The number of aromatic nitrogens is 1. The molecule has 3 heterocycles. The lowest BCUT2D eigenvalue weighted by molar-refractivity contribution is 0.0320. The molecule has 2 aromatic heterocycles. The summed E-state index contributed by atoms with van der Waals surface area (Å²) in [5.74, 6) is 0.937. The number of ether oxygens (including phenoxy) is 1. The molecule has 170 valence electrons. The topological polar surface area (TPSA) is 84.0 Å². The van der Waals surface area contributed by atoms with Crippen LogP contribution >= 0.6 is 0 Å². The molecular formula is C24H30N4O4. The van der Waals surface area contributed by atoms with Crippen LogP contribution in [-0.4, -0.2) is 60.1 Å². The zero-order valence-corrected chi connectivity index (χ0v) is 18.5. The van der Waals surface area contributed by atoms with E-state index in [1.807, 2.05) is 6.07 Å². The van der Waals surface area contributed by atoms with Crippen molar-refractivity contribution in [3.63, 3.8) is 0 Å². The average molecular weight is 439 g/mol. The highest BCUT2D eigenvalue weighted by atomic mass is 16.5. The molecule has 1 aliphatic rings. The summed E-state index contributed by atoms with van der Waals surface area (Å²) in [4.78, 5) is 21.5. The van der Waals surface area contributed by atoms with Crippen molar-refractivity contribution in [3.05, 3.63) is 77.4 Å². The van der Waals surface area contributed by atoms with Crippen molar-refractivity contribution in [2.24, 2.45) is 0 Å². The van der Waals surface area contributed by atoms with Crippen molar-refractivity contribution in [3.8, 4) is 0 Å². The van der Waals surface area contributed by atoms with Crippen molar-refractivity contribution in [1.82, 2.24) is 20.1 Å². The minimum atomic E-state index is -0.283. The van der Waals surface area contributed by atoms with Gasteiger partial charge in [-0.05, 0) is 24.6 Å². The van der Waals surface area contributed by atoms with E-state index in [0.717, 1.165) is 45.9 Å². The molecule has 0 radical (unpaired) electrons. The van der Waals surface area contributed by atoms with Gasteiger partial charge in [-0.1, -0.05) is 29.8 Å². The van der Waals surface area contributed by atoms with Crippen LogP contribution in [0.5, 0.6) is 0 Å². The number of morpholine rings is 1. The average Bonchev–Trinajstić information content (AvgIpc) is 3.50. The van der Waals surface area contributed by atoms with Gasteiger partial charge in [-0.2, -0.15) is 0 Å². The number of aryl methyl sites for hydroxylation is 1. The smallest absolute Gasteiger partial charge is 0.273 e. The van der Waals surface area contributed by atoms with E-state index in [1.54, 1.807) is 12.3 Å². The number of hydrogen-bond donors (Lipinski definition) is 1. The number of hydrogen-bond acceptors (Lipinski definition) is 7. The number of nitrogens with one attached hydrogen (secondary N) is 1. The molecule has 1 amide bonds. The summed E-state index contributed by atoms with van der Waals surface area (Å²) in [6.45, 7) is 9.02. The molecule has 0 atom stereocenters. The lowest BCUT2D eigenvalue weighted by Gasteiger charge is -2.29. The quantitative estimate of drug-likeness (QED) is 0.521. The molecule has 8 nitrogen and oxygen atoms in total. The predicted octanol–water partition coefficient (Wildman–Crippen LogP) is 2.84. The predicted molar refractivity (Wildman–Crippen MR) is 119 cm³/mol. The molecule has 4 rings (SSSR count). The monoisotopic (exact) mass is 438 g/mol. The van der Waals surface area contributed by atoms with Crippen LogP contribution in [0.4, 0.5) is 0 Å². The maximum absolute atomic E-state index is 12.4. The van der Waals surface area contributed by atoms with Crippen molar-refractivity contribution < 1.29 is 18.4 Å². The molecule has 1 saturated heterocycles. The molecule has 0 bridgehead atoms. The highest BCUT2D eigenvalue weighted by Crippen LogP contribution is 2.12. The third-order valence-electron chi connectivity index (χ3n) is 5.51. The fourth-order valence-electron chi connectivity index (χ4n) is 3.62. The molecule has 0 unspecified atom stereocenters. The first-order valence-electron chi connectivity index (χ1n) is 11.0. The third kappa shape index (κ3) is 6.53. The molecule has 8 heteroatoms. The fraction of sp³-hybridized carbons (Fsp3) is 0.417. The molecule has 32 heavy (non-hydrogen) atoms. The zero-order valence-electron chi connectivity index (χ0n) is 18.5.